The average Bonchev–Trinajstić information content (AvgIpc) is 0.834. The molecule has 0 spiro atoms. The third-order valence-corrected chi connectivity index (χ3v) is 14.0. The predicted octanol–water partition coefficient (Wildman–Crippen LogP) is 19.0. The quantitative estimate of drug-likeness (QED) is 0.0286. The van der Waals surface area contributed by atoms with Crippen molar-refractivity contribution in [2.75, 3.05) is 29.0 Å². The first kappa shape index (κ1) is 93.5. The van der Waals surface area contributed by atoms with Crippen LogP contribution in [0.4, 0.5) is 102 Å². The van der Waals surface area contributed by atoms with E-state index < -0.39 is 81.7 Å². The highest BCUT2D eigenvalue weighted by Crippen LogP contribution is 2.38. The fraction of sp³-hybridized carbons (Fsp3) is 0.500. The van der Waals surface area contributed by atoms with E-state index in [0.717, 1.165) is 70.0 Å². The van der Waals surface area contributed by atoms with Gasteiger partial charge in [-0.3, -0.25) is 0 Å². The Morgan fingerprint density at radius 2 is 0.871 bits per heavy atom. The lowest BCUT2D eigenvalue weighted by Crippen LogP contribution is -2.41. The average molecular weight is 1540 g/mol. The van der Waals surface area contributed by atoms with Crippen LogP contribution in [0.3, 0.4) is 0 Å². The summed E-state index contributed by atoms with van der Waals surface area (Å²) in [5.41, 5.74) is 13.5. The van der Waals surface area contributed by atoms with Crippen molar-refractivity contribution in [2.24, 2.45) is 29.0 Å². The lowest BCUT2D eigenvalue weighted by atomic mass is 9.86. The van der Waals surface area contributed by atoms with Gasteiger partial charge in [-0.2, -0.15) is 44.5 Å². The van der Waals surface area contributed by atoms with Gasteiger partial charge in [0.25, 0.3) is 0 Å². The SMILES string of the molecule is C.C.C.C.CC(C)(C)OC(=O)NC1CCC(CN)CC1.FC(F)(F)Oc1ccccc1CNc1ncc(C(F)(F)F)c(Cl)n1.FC(F)(F)c1cnc(Cl)nc1Cl.NC1CCC(CNc2nc(NCc3ccccc3OC(F)(F)F)ncc2C(F)(F)F)CC1.NCc1ccccc1OC(F)(F)F. The summed E-state index contributed by atoms with van der Waals surface area (Å²) in [7, 11) is 0. The van der Waals surface area contributed by atoms with Crippen molar-refractivity contribution < 1.29 is 103 Å². The number of halogens is 21. The maximum atomic E-state index is 13.4. The van der Waals surface area contributed by atoms with Crippen LogP contribution in [0.25, 0.3) is 0 Å². The number of alkyl carbamates (subject to hydrolysis) is 1. The van der Waals surface area contributed by atoms with Gasteiger partial charge in [-0.1, -0.05) is 108 Å². The second kappa shape index (κ2) is 41.5. The van der Waals surface area contributed by atoms with Crippen molar-refractivity contribution in [3.8, 4) is 17.2 Å². The van der Waals surface area contributed by atoms with E-state index in [0.29, 0.717) is 36.6 Å². The highest BCUT2D eigenvalue weighted by molar-refractivity contribution is 6.32. The molecule has 0 radical (unpaired) electrons. The van der Waals surface area contributed by atoms with Gasteiger partial charge in [-0.25, -0.2) is 29.7 Å². The van der Waals surface area contributed by atoms with Gasteiger partial charge in [-0.05, 0) is 120 Å². The number of hydrogen-bond acceptors (Lipinski definition) is 17. The van der Waals surface area contributed by atoms with E-state index >= 15 is 0 Å². The Hall–Kier alpha value is -7.54. The zero-order valence-corrected chi connectivity index (χ0v) is 53.3. The summed E-state index contributed by atoms with van der Waals surface area (Å²) in [6, 6.07) is 16.8. The highest BCUT2D eigenvalue weighted by atomic mass is 35.5. The van der Waals surface area contributed by atoms with Gasteiger partial charge in [0.05, 0.1) is 0 Å². The van der Waals surface area contributed by atoms with Gasteiger partial charge < -0.3 is 57.4 Å². The third kappa shape index (κ3) is 35.8. The molecule has 8 rings (SSSR count). The lowest BCUT2D eigenvalue weighted by Gasteiger charge is -2.29. The Bertz CT molecular complexity index is 3410. The number of carbonyl (C=O) groups excluding carboxylic acids is 1. The monoisotopic (exact) mass is 1530 g/mol. The van der Waals surface area contributed by atoms with Crippen LogP contribution < -0.4 is 52.7 Å². The Morgan fingerprint density at radius 1 is 0.495 bits per heavy atom. The molecule has 2 aliphatic carbocycles. The number of anilines is 3. The molecule has 0 saturated heterocycles. The second-order valence-corrected chi connectivity index (χ2v) is 22.9. The summed E-state index contributed by atoms with van der Waals surface area (Å²) < 4.78 is 240. The largest absolute Gasteiger partial charge is 0.573 e. The third-order valence-electron chi connectivity index (χ3n) is 13.2. The van der Waals surface area contributed by atoms with E-state index in [1.165, 1.54) is 54.6 Å². The first-order valence-corrected chi connectivity index (χ1v) is 29.7. The molecule has 2 fully saturated rings. The van der Waals surface area contributed by atoms with Crippen LogP contribution in [-0.2, 0) is 42.9 Å². The maximum absolute atomic E-state index is 13.4. The summed E-state index contributed by atoms with van der Waals surface area (Å²) in [4.78, 5) is 32.3. The molecule has 2 saturated carbocycles. The fourth-order valence-electron chi connectivity index (χ4n) is 8.62. The van der Waals surface area contributed by atoms with Crippen LogP contribution in [0, 0.1) is 11.8 Å². The minimum absolute atomic E-state index is 0. The highest BCUT2D eigenvalue weighted by Gasteiger charge is 2.39. The van der Waals surface area contributed by atoms with Crippen LogP contribution in [0.15, 0.2) is 91.4 Å². The van der Waals surface area contributed by atoms with Gasteiger partial charge >= 0.3 is 43.7 Å². The predicted molar refractivity (Wildman–Crippen MR) is 348 cm³/mol. The molecule has 101 heavy (non-hydrogen) atoms. The van der Waals surface area contributed by atoms with Crippen LogP contribution >= 0.6 is 34.8 Å². The van der Waals surface area contributed by atoms with E-state index in [2.05, 4.69) is 65.4 Å². The van der Waals surface area contributed by atoms with Gasteiger partial charge in [0.2, 0.25) is 17.2 Å². The summed E-state index contributed by atoms with van der Waals surface area (Å²) >= 11 is 15.8. The molecular weight excluding hydrogens is 1460 g/mol. The molecule has 3 aromatic carbocycles. The number of rotatable bonds is 15. The van der Waals surface area contributed by atoms with E-state index in [4.69, 9.17) is 56.7 Å². The first-order valence-electron chi connectivity index (χ1n) is 28.6. The van der Waals surface area contributed by atoms with Crippen LogP contribution in [0.5, 0.6) is 17.2 Å². The Morgan fingerprint density at radius 3 is 1.26 bits per heavy atom. The van der Waals surface area contributed by atoms with Gasteiger partial charge in [0, 0.05) is 73.5 Å². The standard InChI is InChI=1S/C20H23F6N5O.C13H8ClF6N3O.C12H24N2O2.C8H8F3NO.C5HCl2F3N2.4CH4/c21-19(22,23)15-11-30-18(31-17(15)28-9-12-5-7-14(27)8-6-12)29-10-13-3-1-2-4-16(13)32-20(24,25)26;14-10-8(12(15,16)17)6-22-11(23-10)21-5-7-3-1-2-4-9(7)24-13(18,19)20;1-12(2,3)16-11(15)14-10-6-4-9(8-13)5-7-10;9-8(10,11)13-7-4-2-1-3-6(7)5-12;6-3-2(5(8,9)10)1-11-4(7)12-3;;;;/h1-4,11-12,14H,5-10,27H2,(H2,28,29,30,31);1-4,6H,5H2,(H,21,22,23);9-10H,4-8,13H2,1-3H3,(H,14,15);1-4H,5,12H2;1H;4*1H4. The number of benzene rings is 3. The van der Waals surface area contributed by atoms with Crippen molar-refractivity contribution in [3.05, 3.63) is 140 Å². The zero-order chi connectivity index (χ0) is 72.7. The molecule has 39 heteroatoms. The van der Waals surface area contributed by atoms with Crippen LogP contribution in [0.1, 0.15) is 135 Å². The number of nitrogens with zero attached hydrogens (tertiary/aromatic N) is 6. The van der Waals surface area contributed by atoms with Crippen LogP contribution in [0.2, 0.25) is 15.6 Å². The van der Waals surface area contributed by atoms with Crippen molar-refractivity contribution in [3.63, 3.8) is 0 Å². The minimum atomic E-state index is -4.87. The number of alkyl halides is 18. The number of carbonyl (C=O) groups is 1. The van der Waals surface area contributed by atoms with E-state index in [-0.39, 0.29) is 113 Å². The Labute approximate surface area is 586 Å². The van der Waals surface area contributed by atoms with Crippen molar-refractivity contribution in [1.82, 2.24) is 35.2 Å². The molecule has 6 aromatic rings. The molecule has 3 heterocycles. The zero-order valence-electron chi connectivity index (χ0n) is 51.1. The van der Waals surface area contributed by atoms with Gasteiger partial charge in [-0.15, -0.1) is 39.5 Å². The summed E-state index contributed by atoms with van der Waals surface area (Å²) in [5.74, 6) is -1.11. The normalized spacial score (nSPS) is 16.1. The summed E-state index contributed by atoms with van der Waals surface area (Å²) in [6.45, 7) is 6.30. The van der Waals surface area contributed by atoms with Crippen molar-refractivity contribution in [1.29, 1.82) is 0 Å². The molecule has 0 aliphatic heterocycles. The molecule has 0 unspecified atom stereocenters. The number of nitrogens with one attached hydrogen (secondary N) is 4. The second-order valence-electron chi connectivity index (χ2n) is 21.8. The Balaban J connectivity index is 0.00000129. The number of amides is 1. The number of nitrogens with two attached hydrogens (primary N) is 3. The number of ether oxygens (including phenoxy) is 4. The first-order chi connectivity index (χ1) is 44.9. The molecule has 2 aliphatic rings. The molecule has 1 amide bonds. The fourth-order valence-corrected chi connectivity index (χ4v) is 9.27. The van der Waals surface area contributed by atoms with Crippen molar-refractivity contribution >= 4 is 58.6 Å². The van der Waals surface area contributed by atoms with E-state index in [1.807, 2.05) is 20.8 Å². The molecule has 18 nitrogen and oxygen atoms in total. The van der Waals surface area contributed by atoms with Gasteiger partial charge in [0.15, 0.2) is 0 Å². The van der Waals surface area contributed by atoms with Gasteiger partial charge in [0.1, 0.15) is 55.7 Å². The van der Waals surface area contributed by atoms with Crippen molar-refractivity contribution in [2.45, 2.75) is 177 Å². The lowest BCUT2D eigenvalue weighted by molar-refractivity contribution is -0.275. The maximum Gasteiger partial charge on any atom is 0.573 e. The molecule has 3 aromatic heterocycles. The molecule has 570 valence electrons. The Kier molecular flexibility index (Phi) is 38.4. The van der Waals surface area contributed by atoms with Crippen LogP contribution in [-0.4, -0.2) is 85.9 Å². The molecule has 0 atom stereocenters. The molecular formula is C62H80Cl3F18N13O5. The number of hydrogen-bond donors (Lipinski definition) is 7. The summed E-state index contributed by atoms with van der Waals surface area (Å²) in [5, 5.41) is 9.00. The smallest absolute Gasteiger partial charge is 0.444 e. The van der Waals surface area contributed by atoms with E-state index in [1.54, 1.807) is 6.07 Å². The topological polar surface area (TPSA) is 258 Å². The number of para-hydroxylation sites is 3. The summed E-state index contributed by atoms with van der Waals surface area (Å²) in [6.07, 6.45) is -19.5. The minimum Gasteiger partial charge on any atom is -0.444 e. The molecule has 0 bridgehead atoms. The van der Waals surface area contributed by atoms with E-state index in [9.17, 15) is 83.8 Å². The number of aromatic nitrogens is 6. The molecule has 10 N–H and O–H groups in total.